The predicted molar refractivity (Wildman–Crippen MR) is 27.1 cm³/mol. The van der Waals surface area contributed by atoms with Crippen molar-refractivity contribution in [1.29, 1.82) is 0 Å². The predicted octanol–water partition coefficient (Wildman–Crippen LogP) is -1.93. The van der Waals surface area contributed by atoms with Gasteiger partial charge in [-0.1, -0.05) is 6.42 Å². The minimum absolute atomic E-state index is 0. The van der Waals surface area contributed by atoms with Gasteiger partial charge in [0.25, 0.3) is 0 Å². The summed E-state index contributed by atoms with van der Waals surface area (Å²) in [7, 11) is 0. The van der Waals surface area contributed by atoms with Gasteiger partial charge >= 0.3 is 18.9 Å². The SMILES string of the molecule is O=C1CCCC[N-]1.[Li+]. The summed E-state index contributed by atoms with van der Waals surface area (Å²) < 4.78 is 0. The van der Waals surface area contributed by atoms with Crippen LogP contribution in [0.15, 0.2) is 0 Å². The topological polar surface area (TPSA) is 31.2 Å². The Balaban J connectivity index is 0.000000490. The summed E-state index contributed by atoms with van der Waals surface area (Å²) in [4.78, 5) is 10.3. The third kappa shape index (κ3) is 2.39. The zero-order chi connectivity index (χ0) is 5.11. The quantitative estimate of drug-likeness (QED) is 0.330. The number of amides is 1. The minimum Gasteiger partial charge on any atom is -0.653 e. The molecule has 0 atom stereocenters. The number of rotatable bonds is 0. The average Bonchev–Trinajstić information content (AvgIpc) is 1.69. The molecule has 1 rings (SSSR count). The number of carbonyl (C=O) groups excluding carboxylic acids is 1. The summed E-state index contributed by atoms with van der Waals surface area (Å²) in [6.07, 6.45) is 2.83. The van der Waals surface area contributed by atoms with Gasteiger partial charge in [-0.15, -0.1) is 6.54 Å². The Bertz CT molecular complexity index is 76.5. The summed E-state index contributed by atoms with van der Waals surface area (Å²) in [5.41, 5.74) is 0. The molecule has 0 aromatic heterocycles. The van der Waals surface area contributed by atoms with E-state index < -0.39 is 0 Å². The summed E-state index contributed by atoms with van der Waals surface area (Å²) in [5.74, 6) is 0.0891. The van der Waals surface area contributed by atoms with Crippen molar-refractivity contribution in [1.82, 2.24) is 0 Å². The Labute approximate surface area is 61.2 Å². The molecule has 1 amide bonds. The fourth-order valence-corrected chi connectivity index (χ4v) is 0.671. The molecule has 1 saturated heterocycles. The first kappa shape index (κ1) is 8.07. The molecule has 0 unspecified atom stereocenters. The monoisotopic (exact) mass is 105 g/mol. The van der Waals surface area contributed by atoms with Gasteiger partial charge in [-0.05, 0) is 12.8 Å². The van der Waals surface area contributed by atoms with E-state index >= 15 is 0 Å². The van der Waals surface area contributed by atoms with E-state index in [1.54, 1.807) is 0 Å². The van der Waals surface area contributed by atoms with E-state index in [9.17, 15) is 4.79 Å². The van der Waals surface area contributed by atoms with Crippen LogP contribution in [0.3, 0.4) is 0 Å². The molecule has 0 aromatic rings. The third-order valence-electron chi connectivity index (χ3n) is 1.09. The second-order valence-electron chi connectivity index (χ2n) is 1.73. The first-order valence-corrected chi connectivity index (χ1v) is 2.60. The number of nitrogens with zero attached hydrogens (tertiary/aromatic N) is 1. The van der Waals surface area contributed by atoms with E-state index in [0.29, 0.717) is 6.42 Å². The van der Waals surface area contributed by atoms with Crippen molar-refractivity contribution in [2.75, 3.05) is 6.54 Å². The molecule has 0 aromatic carbocycles. The molecule has 1 fully saturated rings. The van der Waals surface area contributed by atoms with Crippen molar-refractivity contribution in [3.05, 3.63) is 5.32 Å². The van der Waals surface area contributed by atoms with Crippen LogP contribution in [0.2, 0.25) is 0 Å². The molecule has 0 N–H and O–H groups in total. The standard InChI is InChI=1S/C5H9NO.Li/c7-5-3-1-2-4-6-5;/h1-4H2,(H,6,7);/q;+1/p-1. The Morgan fingerprint density at radius 2 is 2.12 bits per heavy atom. The average molecular weight is 105 g/mol. The van der Waals surface area contributed by atoms with E-state index in [2.05, 4.69) is 5.32 Å². The van der Waals surface area contributed by atoms with Crippen LogP contribution in [0.25, 0.3) is 5.32 Å². The van der Waals surface area contributed by atoms with Gasteiger partial charge in [0.05, 0.1) is 5.91 Å². The van der Waals surface area contributed by atoms with E-state index in [4.69, 9.17) is 0 Å². The van der Waals surface area contributed by atoms with Gasteiger partial charge in [0.15, 0.2) is 0 Å². The van der Waals surface area contributed by atoms with Crippen LogP contribution >= 0.6 is 0 Å². The van der Waals surface area contributed by atoms with Gasteiger partial charge in [0.2, 0.25) is 0 Å². The molecule has 0 aliphatic carbocycles. The normalized spacial score (nSPS) is 18.8. The molecule has 3 heteroatoms. The van der Waals surface area contributed by atoms with Gasteiger partial charge < -0.3 is 10.1 Å². The molecule has 0 radical (unpaired) electrons. The zero-order valence-electron chi connectivity index (χ0n) is 5.18. The van der Waals surface area contributed by atoms with Gasteiger partial charge in [0, 0.05) is 0 Å². The second kappa shape index (κ2) is 4.00. The van der Waals surface area contributed by atoms with Crippen molar-refractivity contribution in [2.24, 2.45) is 0 Å². The van der Waals surface area contributed by atoms with Crippen LogP contribution in [0.1, 0.15) is 19.3 Å². The molecule has 2 nitrogen and oxygen atoms in total. The summed E-state index contributed by atoms with van der Waals surface area (Å²) >= 11 is 0. The summed E-state index contributed by atoms with van der Waals surface area (Å²) in [6.45, 7) is 0.763. The van der Waals surface area contributed by atoms with Crippen molar-refractivity contribution in [3.63, 3.8) is 0 Å². The zero-order valence-corrected chi connectivity index (χ0v) is 5.18. The first-order chi connectivity index (χ1) is 3.39. The molecule has 1 aliphatic rings. The van der Waals surface area contributed by atoms with Gasteiger partial charge in [-0.2, -0.15) is 0 Å². The van der Waals surface area contributed by atoms with E-state index in [-0.39, 0.29) is 24.8 Å². The largest absolute Gasteiger partial charge is 1.00 e. The fraction of sp³-hybridized carbons (Fsp3) is 0.800. The summed E-state index contributed by atoms with van der Waals surface area (Å²) in [6, 6.07) is 0. The van der Waals surface area contributed by atoms with Crippen molar-refractivity contribution in [2.45, 2.75) is 19.3 Å². The second-order valence-corrected chi connectivity index (χ2v) is 1.73. The Hall–Kier alpha value is 0.0674. The summed E-state index contributed by atoms with van der Waals surface area (Å²) in [5, 5.41) is 3.69. The van der Waals surface area contributed by atoms with Crippen LogP contribution in [0.5, 0.6) is 0 Å². The molecule has 0 bridgehead atoms. The molecule has 1 heterocycles. The molecular formula is C5H8LiNO. The van der Waals surface area contributed by atoms with Crippen molar-refractivity contribution in [3.8, 4) is 0 Å². The Morgan fingerprint density at radius 1 is 1.38 bits per heavy atom. The van der Waals surface area contributed by atoms with Crippen LogP contribution < -0.4 is 18.9 Å². The van der Waals surface area contributed by atoms with Crippen molar-refractivity contribution < 1.29 is 23.7 Å². The van der Waals surface area contributed by atoms with Gasteiger partial charge in [-0.25, -0.2) is 0 Å². The number of piperidine rings is 1. The Morgan fingerprint density at radius 3 is 2.38 bits per heavy atom. The molecule has 8 heavy (non-hydrogen) atoms. The maximum Gasteiger partial charge on any atom is 1.00 e. The number of hydrogen-bond donors (Lipinski definition) is 0. The first-order valence-electron chi connectivity index (χ1n) is 2.60. The smallest absolute Gasteiger partial charge is 0.653 e. The van der Waals surface area contributed by atoms with Crippen LogP contribution in [0, 0.1) is 0 Å². The molecule has 1 aliphatic heterocycles. The molecular weight excluding hydrogens is 97.0 g/mol. The number of hydrogen-bond acceptors (Lipinski definition) is 1. The number of carbonyl (C=O) groups is 1. The molecule has 40 valence electrons. The Kier molecular flexibility index (Phi) is 4.03. The van der Waals surface area contributed by atoms with Crippen LogP contribution in [-0.2, 0) is 4.79 Å². The van der Waals surface area contributed by atoms with Crippen molar-refractivity contribution >= 4 is 5.91 Å². The van der Waals surface area contributed by atoms with Crippen LogP contribution in [-0.4, -0.2) is 12.5 Å². The maximum atomic E-state index is 10.3. The van der Waals surface area contributed by atoms with E-state index in [0.717, 1.165) is 19.4 Å². The van der Waals surface area contributed by atoms with E-state index in [1.165, 1.54) is 0 Å². The fourth-order valence-electron chi connectivity index (χ4n) is 0.671. The maximum absolute atomic E-state index is 10.3. The van der Waals surface area contributed by atoms with E-state index in [1.807, 2.05) is 0 Å². The van der Waals surface area contributed by atoms with Gasteiger partial charge in [-0.3, -0.25) is 0 Å². The van der Waals surface area contributed by atoms with Gasteiger partial charge in [0.1, 0.15) is 0 Å². The third-order valence-corrected chi connectivity index (χ3v) is 1.09. The molecule has 0 spiro atoms. The molecule has 0 saturated carbocycles. The minimum atomic E-state index is 0. The van der Waals surface area contributed by atoms with Crippen LogP contribution in [0.4, 0.5) is 0 Å².